The van der Waals surface area contributed by atoms with Gasteiger partial charge in [0, 0.05) is 32.7 Å². The molecule has 2 fully saturated rings. The number of benzene rings is 1. The maximum absolute atomic E-state index is 13.0. The Bertz CT molecular complexity index is 684. The molecule has 3 rings (SSSR count). The van der Waals surface area contributed by atoms with E-state index in [0.29, 0.717) is 32.1 Å². The molecular weight excluding hydrogens is 337 g/mol. The highest BCUT2D eigenvalue weighted by Crippen LogP contribution is 2.17. The number of nitrogens with zero attached hydrogens (tertiary/aromatic N) is 3. The first kappa shape index (κ1) is 18.4. The second kappa shape index (κ2) is 7.85. The van der Waals surface area contributed by atoms with Crippen molar-refractivity contribution in [2.45, 2.75) is 26.3 Å². The summed E-state index contributed by atoms with van der Waals surface area (Å²) in [7, 11) is 0. The van der Waals surface area contributed by atoms with E-state index in [-0.39, 0.29) is 24.8 Å². The van der Waals surface area contributed by atoms with Gasteiger partial charge in [-0.1, -0.05) is 19.1 Å². The fourth-order valence-corrected chi connectivity index (χ4v) is 3.35. The zero-order valence-electron chi connectivity index (χ0n) is 15.0. The lowest BCUT2D eigenvalue weighted by atomic mass is 9.99. The van der Waals surface area contributed by atoms with Crippen LogP contribution >= 0.6 is 0 Å². The van der Waals surface area contributed by atoms with E-state index in [4.69, 9.17) is 0 Å². The van der Waals surface area contributed by atoms with E-state index in [1.165, 1.54) is 21.9 Å². The molecular formula is C19H24FN3O3. The smallest absolute Gasteiger partial charge is 0.312 e. The topological polar surface area (TPSA) is 60.9 Å². The molecule has 2 saturated heterocycles. The summed E-state index contributed by atoms with van der Waals surface area (Å²) in [6, 6.07) is 5.85. The van der Waals surface area contributed by atoms with Crippen molar-refractivity contribution < 1.29 is 18.8 Å². The van der Waals surface area contributed by atoms with Crippen LogP contribution in [0.3, 0.4) is 0 Å². The molecule has 0 atom stereocenters. The minimum Gasteiger partial charge on any atom is -0.341 e. The predicted molar refractivity (Wildman–Crippen MR) is 93.4 cm³/mol. The molecule has 1 aromatic rings. The number of hydrogen-bond donors (Lipinski definition) is 0. The zero-order chi connectivity index (χ0) is 18.7. The van der Waals surface area contributed by atoms with Crippen LogP contribution in [0.15, 0.2) is 24.3 Å². The van der Waals surface area contributed by atoms with E-state index in [2.05, 4.69) is 6.92 Å². The molecule has 2 aliphatic rings. The molecule has 0 spiro atoms. The highest BCUT2D eigenvalue weighted by Gasteiger charge is 2.34. The van der Waals surface area contributed by atoms with Crippen LogP contribution in [0.4, 0.5) is 4.39 Å². The normalized spacial score (nSPS) is 19.2. The Hall–Kier alpha value is -2.44. The zero-order valence-corrected chi connectivity index (χ0v) is 15.0. The first-order valence-corrected chi connectivity index (χ1v) is 9.04. The minimum atomic E-state index is -0.642. The van der Waals surface area contributed by atoms with Gasteiger partial charge in [-0.05, 0) is 36.5 Å². The van der Waals surface area contributed by atoms with Crippen LogP contribution in [0.2, 0.25) is 0 Å². The van der Waals surface area contributed by atoms with Gasteiger partial charge in [-0.15, -0.1) is 0 Å². The Kier molecular flexibility index (Phi) is 5.54. The molecule has 0 bridgehead atoms. The van der Waals surface area contributed by atoms with Gasteiger partial charge in [0.05, 0.1) is 0 Å². The molecule has 140 valence electrons. The summed E-state index contributed by atoms with van der Waals surface area (Å²) in [6.45, 7) is 4.53. The van der Waals surface area contributed by atoms with Gasteiger partial charge in [0.25, 0.3) is 0 Å². The van der Waals surface area contributed by atoms with Crippen molar-refractivity contribution in [3.8, 4) is 0 Å². The van der Waals surface area contributed by atoms with E-state index < -0.39 is 11.8 Å². The maximum Gasteiger partial charge on any atom is 0.312 e. The molecule has 0 aromatic heterocycles. The molecule has 0 unspecified atom stereocenters. The number of likely N-dealkylation sites (tertiary alicyclic amines) is 1. The summed E-state index contributed by atoms with van der Waals surface area (Å²) in [5.74, 6) is -1.06. The fraction of sp³-hybridized carbons (Fsp3) is 0.526. The molecule has 6 nitrogen and oxygen atoms in total. The van der Waals surface area contributed by atoms with Crippen molar-refractivity contribution in [2.24, 2.45) is 5.92 Å². The van der Waals surface area contributed by atoms with Gasteiger partial charge in [-0.25, -0.2) is 4.39 Å². The van der Waals surface area contributed by atoms with E-state index in [1.54, 1.807) is 17.0 Å². The molecule has 0 radical (unpaired) electrons. The van der Waals surface area contributed by atoms with Gasteiger partial charge < -0.3 is 14.7 Å². The standard InChI is InChI=1S/C19H24FN3O3/c1-14-6-8-21(9-7-14)17(24)13-23-11-10-22(18(25)19(23)26)12-15-2-4-16(20)5-3-15/h2-5,14H,6-13H2,1H3. The SMILES string of the molecule is CC1CCN(C(=O)CN2CCN(Cc3ccc(F)cc3)C(=O)C2=O)CC1. The number of piperidine rings is 1. The van der Waals surface area contributed by atoms with E-state index in [0.717, 1.165) is 18.4 Å². The monoisotopic (exact) mass is 361 g/mol. The lowest BCUT2D eigenvalue weighted by molar-refractivity contribution is -0.158. The van der Waals surface area contributed by atoms with Crippen LogP contribution in [0.5, 0.6) is 0 Å². The van der Waals surface area contributed by atoms with Crippen molar-refractivity contribution in [3.05, 3.63) is 35.6 Å². The highest BCUT2D eigenvalue weighted by molar-refractivity contribution is 6.35. The molecule has 0 N–H and O–H groups in total. The molecule has 1 aromatic carbocycles. The third kappa shape index (κ3) is 4.20. The fourth-order valence-electron chi connectivity index (χ4n) is 3.35. The molecule has 0 aliphatic carbocycles. The molecule has 7 heteroatoms. The van der Waals surface area contributed by atoms with Crippen LogP contribution in [-0.4, -0.2) is 65.1 Å². The molecule has 2 aliphatic heterocycles. The van der Waals surface area contributed by atoms with Crippen molar-refractivity contribution in [3.63, 3.8) is 0 Å². The molecule has 3 amide bonds. The van der Waals surface area contributed by atoms with Gasteiger partial charge in [0.1, 0.15) is 12.4 Å². The summed E-state index contributed by atoms with van der Waals surface area (Å²) in [5, 5.41) is 0. The number of rotatable bonds is 4. The Morgan fingerprint density at radius 2 is 1.58 bits per heavy atom. The number of amides is 3. The second-order valence-corrected chi connectivity index (χ2v) is 7.14. The minimum absolute atomic E-state index is 0.0384. The predicted octanol–water partition coefficient (Wildman–Crippen LogP) is 1.25. The Morgan fingerprint density at radius 3 is 2.23 bits per heavy atom. The Balaban J connectivity index is 1.54. The van der Waals surface area contributed by atoms with Crippen LogP contribution < -0.4 is 0 Å². The summed E-state index contributed by atoms with van der Waals surface area (Å²) < 4.78 is 13.0. The number of carbonyl (C=O) groups excluding carboxylic acids is 3. The average Bonchev–Trinajstić information content (AvgIpc) is 2.63. The van der Waals surface area contributed by atoms with E-state index in [1.807, 2.05) is 0 Å². The van der Waals surface area contributed by atoms with E-state index in [9.17, 15) is 18.8 Å². The van der Waals surface area contributed by atoms with E-state index >= 15 is 0 Å². The quantitative estimate of drug-likeness (QED) is 0.759. The summed E-state index contributed by atoms with van der Waals surface area (Å²) in [4.78, 5) is 41.7. The second-order valence-electron chi connectivity index (χ2n) is 7.14. The highest BCUT2D eigenvalue weighted by atomic mass is 19.1. The van der Waals surface area contributed by atoms with Crippen molar-refractivity contribution in [1.29, 1.82) is 0 Å². The van der Waals surface area contributed by atoms with Gasteiger partial charge in [0.2, 0.25) is 5.91 Å². The number of carbonyl (C=O) groups is 3. The largest absolute Gasteiger partial charge is 0.341 e. The number of halogens is 1. The number of piperazine rings is 1. The Morgan fingerprint density at radius 1 is 1.00 bits per heavy atom. The third-order valence-electron chi connectivity index (χ3n) is 5.15. The molecule has 0 saturated carbocycles. The van der Waals surface area contributed by atoms with Gasteiger partial charge in [0.15, 0.2) is 0 Å². The van der Waals surface area contributed by atoms with Crippen molar-refractivity contribution in [2.75, 3.05) is 32.7 Å². The molecule has 2 heterocycles. The van der Waals surface area contributed by atoms with Gasteiger partial charge in [-0.3, -0.25) is 14.4 Å². The first-order valence-electron chi connectivity index (χ1n) is 9.04. The van der Waals surface area contributed by atoms with Crippen molar-refractivity contribution in [1.82, 2.24) is 14.7 Å². The average molecular weight is 361 g/mol. The van der Waals surface area contributed by atoms with Crippen LogP contribution in [0.1, 0.15) is 25.3 Å². The first-order chi connectivity index (χ1) is 12.4. The van der Waals surface area contributed by atoms with Crippen LogP contribution in [0.25, 0.3) is 0 Å². The maximum atomic E-state index is 13.0. The summed E-state index contributed by atoms with van der Waals surface area (Å²) >= 11 is 0. The lowest BCUT2D eigenvalue weighted by Crippen LogP contribution is -2.56. The number of hydrogen-bond acceptors (Lipinski definition) is 3. The van der Waals surface area contributed by atoms with Crippen LogP contribution in [-0.2, 0) is 20.9 Å². The van der Waals surface area contributed by atoms with Crippen LogP contribution in [0, 0.1) is 11.7 Å². The lowest BCUT2D eigenvalue weighted by Gasteiger charge is -2.36. The molecule has 26 heavy (non-hydrogen) atoms. The van der Waals surface area contributed by atoms with Gasteiger partial charge in [-0.2, -0.15) is 0 Å². The Labute approximate surface area is 152 Å². The van der Waals surface area contributed by atoms with Gasteiger partial charge >= 0.3 is 11.8 Å². The summed E-state index contributed by atoms with van der Waals surface area (Å²) in [5.41, 5.74) is 0.763. The third-order valence-corrected chi connectivity index (χ3v) is 5.15. The van der Waals surface area contributed by atoms with Crippen molar-refractivity contribution >= 4 is 17.7 Å². The summed E-state index contributed by atoms with van der Waals surface area (Å²) in [6.07, 6.45) is 1.95.